The molecule has 0 bridgehead atoms. The van der Waals surface area contributed by atoms with Gasteiger partial charge in [0, 0.05) is 17.8 Å². The van der Waals surface area contributed by atoms with Gasteiger partial charge >= 0.3 is 5.97 Å². The average Bonchev–Trinajstić information content (AvgIpc) is 2.42. The number of carboxylic acid groups (broad SMARTS) is 1. The summed E-state index contributed by atoms with van der Waals surface area (Å²) in [5.74, 6) is -0.557. The second-order valence-electron chi connectivity index (χ2n) is 4.14. The smallest absolute Gasteiger partial charge is 0.337 e. The lowest BCUT2D eigenvalue weighted by Crippen LogP contribution is -1.98. The van der Waals surface area contributed by atoms with Crippen molar-refractivity contribution in [1.29, 1.82) is 0 Å². The number of nitrogens with zero attached hydrogens (tertiary/aromatic N) is 2. The van der Waals surface area contributed by atoms with Crippen LogP contribution in [0.3, 0.4) is 0 Å². The van der Waals surface area contributed by atoms with Crippen molar-refractivity contribution >= 4 is 27.6 Å². The average molecular weight is 353 g/mol. The monoisotopic (exact) mass is 352 g/mol. The third-order valence-electron chi connectivity index (χ3n) is 2.64. The molecule has 2 aromatic rings. The number of benzene rings is 1. The van der Waals surface area contributed by atoms with Crippen molar-refractivity contribution in [1.82, 2.24) is 4.98 Å². The van der Waals surface area contributed by atoms with Gasteiger partial charge in [0.05, 0.1) is 21.2 Å². The Morgan fingerprint density at radius 3 is 2.71 bits per heavy atom. The highest BCUT2D eigenvalue weighted by Gasteiger charge is 2.16. The van der Waals surface area contributed by atoms with Gasteiger partial charge in [0.25, 0.3) is 5.69 Å². The van der Waals surface area contributed by atoms with Crippen LogP contribution in [0.5, 0.6) is 11.5 Å². The minimum absolute atomic E-state index is 0.0118. The third kappa shape index (κ3) is 3.34. The zero-order valence-electron chi connectivity index (χ0n) is 10.7. The van der Waals surface area contributed by atoms with Crippen molar-refractivity contribution in [3.8, 4) is 11.5 Å². The first-order valence-electron chi connectivity index (χ1n) is 5.69. The summed E-state index contributed by atoms with van der Waals surface area (Å²) in [4.78, 5) is 25.0. The summed E-state index contributed by atoms with van der Waals surface area (Å²) in [5.41, 5.74) is 0.384. The first-order chi connectivity index (χ1) is 9.88. The predicted molar refractivity (Wildman–Crippen MR) is 76.8 cm³/mol. The van der Waals surface area contributed by atoms with Gasteiger partial charge in [0.2, 0.25) is 0 Å². The van der Waals surface area contributed by atoms with Crippen molar-refractivity contribution in [2.45, 2.75) is 6.92 Å². The fourth-order valence-electron chi connectivity index (χ4n) is 1.64. The van der Waals surface area contributed by atoms with E-state index >= 15 is 0 Å². The van der Waals surface area contributed by atoms with Crippen LogP contribution >= 0.6 is 15.9 Å². The topological polar surface area (TPSA) is 103 Å². The Bertz CT molecular complexity index is 732. The Balaban J connectivity index is 2.36. The molecule has 1 N–H and O–H groups in total. The van der Waals surface area contributed by atoms with Gasteiger partial charge in [-0.15, -0.1) is 0 Å². The van der Waals surface area contributed by atoms with E-state index in [2.05, 4.69) is 20.9 Å². The summed E-state index contributed by atoms with van der Waals surface area (Å²) in [6, 6.07) is 4.15. The maximum atomic E-state index is 10.9. The lowest BCUT2D eigenvalue weighted by molar-refractivity contribution is -0.385. The second kappa shape index (κ2) is 5.88. The molecule has 1 aromatic carbocycles. The molecule has 0 aliphatic heterocycles. The van der Waals surface area contributed by atoms with E-state index in [-0.39, 0.29) is 17.0 Å². The van der Waals surface area contributed by atoms with Gasteiger partial charge in [-0.25, -0.2) is 4.79 Å². The van der Waals surface area contributed by atoms with E-state index < -0.39 is 10.9 Å². The van der Waals surface area contributed by atoms with Gasteiger partial charge in [-0.3, -0.25) is 15.1 Å². The number of hydrogen-bond acceptors (Lipinski definition) is 5. The van der Waals surface area contributed by atoms with Gasteiger partial charge in [0.1, 0.15) is 11.5 Å². The Hall–Kier alpha value is -2.48. The van der Waals surface area contributed by atoms with Gasteiger partial charge in [-0.05, 0) is 35.0 Å². The maximum absolute atomic E-state index is 10.9. The van der Waals surface area contributed by atoms with Crippen LogP contribution < -0.4 is 4.74 Å². The summed E-state index contributed by atoms with van der Waals surface area (Å²) >= 11 is 3.19. The number of carbonyl (C=O) groups is 1. The van der Waals surface area contributed by atoms with Crippen molar-refractivity contribution < 1.29 is 19.6 Å². The van der Waals surface area contributed by atoms with Crippen LogP contribution in [-0.4, -0.2) is 21.0 Å². The molecule has 0 aliphatic rings. The minimum Gasteiger partial charge on any atom is -0.478 e. The summed E-state index contributed by atoms with van der Waals surface area (Å²) in [6.45, 7) is 1.59. The minimum atomic E-state index is -1.12. The Labute approximate surface area is 127 Å². The molecule has 108 valence electrons. The molecule has 8 heteroatoms. The molecule has 21 heavy (non-hydrogen) atoms. The van der Waals surface area contributed by atoms with Crippen LogP contribution in [-0.2, 0) is 0 Å². The van der Waals surface area contributed by atoms with Gasteiger partial charge in [0.15, 0.2) is 0 Å². The van der Waals surface area contributed by atoms with E-state index in [1.165, 1.54) is 30.6 Å². The fourth-order valence-corrected chi connectivity index (χ4v) is 2.05. The van der Waals surface area contributed by atoms with E-state index in [0.29, 0.717) is 15.8 Å². The molecule has 0 fully saturated rings. The number of nitro groups is 1. The van der Waals surface area contributed by atoms with Crippen molar-refractivity contribution in [3.05, 3.63) is 56.3 Å². The molecular formula is C13H9BrN2O5. The number of ether oxygens (including phenoxy) is 1. The van der Waals surface area contributed by atoms with Crippen LogP contribution in [0.4, 0.5) is 5.69 Å². The molecule has 0 amide bonds. The molecule has 0 saturated carbocycles. The number of aromatic carboxylic acids is 1. The summed E-state index contributed by atoms with van der Waals surface area (Å²) in [6.07, 6.45) is 2.56. The molecule has 0 saturated heterocycles. The highest BCUT2D eigenvalue weighted by molar-refractivity contribution is 9.10. The van der Waals surface area contributed by atoms with Crippen LogP contribution in [0.25, 0.3) is 0 Å². The second-order valence-corrected chi connectivity index (χ2v) is 5.00. The molecule has 2 rings (SSSR count). The largest absolute Gasteiger partial charge is 0.478 e. The van der Waals surface area contributed by atoms with Gasteiger partial charge < -0.3 is 9.84 Å². The molecule has 0 radical (unpaired) electrons. The maximum Gasteiger partial charge on any atom is 0.337 e. The highest BCUT2D eigenvalue weighted by atomic mass is 79.9. The van der Waals surface area contributed by atoms with Gasteiger partial charge in [-0.1, -0.05) is 0 Å². The number of rotatable bonds is 4. The molecule has 7 nitrogen and oxygen atoms in total. The zero-order valence-corrected chi connectivity index (χ0v) is 12.3. The number of nitro benzene ring substituents is 1. The lowest BCUT2D eigenvalue weighted by Gasteiger charge is -2.09. The van der Waals surface area contributed by atoms with Crippen LogP contribution in [0.1, 0.15) is 15.9 Å². The number of aromatic nitrogens is 1. The SMILES string of the molecule is Cc1cc(Oc2cncc(C(=O)O)c2)c(Br)cc1[N+](=O)[O-]. The van der Waals surface area contributed by atoms with Gasteiger partial charge in [-0.2, -0.15) is 0 Å². The van der Waals surface area contributed by atoms with Crippen molar-refractivity contribution in [2.24, 2.45) is 0 Å². The van der Waals surface area contributed by atoms with Crippen molar-refractivity contribution in [2.75, 3.05) is 0 Å². The first-order valence-corrected chi connectivity index (χ1v) is 6.48. The normalized spacial score (nSPS) is 10.2. The highest BCUT2D eigenvalue weighted by Crippen LogP contribution is 2.35. The zero-order chi connectivity index (χ0) is 15.6. The predicted octanol–water partition coefficient (Wildman–Crippen LogP) is 3.55. The molecule has 0 unspecified atom stereocenters. The molecule has 0 atom stereocenters. The van der Waals surface area contributed by atoms with Crippen LogP contribution in [0, 0.1) is 17.0 Å². The Morgan fingerprint density at radius 1 is 1.38 bits per heavy atom. The summed E-state index contributed by atoms with van der Waals surface area (Å²) < 4.78 is 5.91. The van der Waals surface area contributed by atoms with E-state index in [1.54, 1.807) is 6.92 Å². The standard InChI is InChI=1S/C13H9BrN2O5/c1-7-2-12(10(14)4-11(7)16(19)20)21-9-3-8(13(17)18)5-15-6-9/h2-6H,1H3,(H,17,18). The third-order valence-corrected chi connectivity index (χ3v) is 3.25. The van der Waals surface area contributed by atoms with E-state index in [9.17, 15) is 14.9 Å². The fraction of sp³-hybridized carbons (Fsp3) is 0.0769. The van der Waals surface area contributed by atoms with E-state index in [0.717, 1.165) is 0 Å². The molecule has 1 aromatic heterocycles. The first kappa shape index (κ1) is 14.9. The molecule has 0 aliphatic carbocycles. The van der Waals surface area contributed by atoms with E-state index in [4.69, 9.17) is 9.84 Å². The number of halogens is 1. The lowest BCUT2D eigenvalue weighted by atomic mass is 10.2. The van der Waals surface area contributed by atoms with Crippen LogP contribution in [0.2, 0.25) is 0 Å². The number of pyridine rings is 1. The summed E-state index contributed by atoms with van der Waals surface area (Å²) in [7, 11) is 0. The molecular weight excluding hydrogens is 344 g/mol. The molecule has 1 heterocycles. The number of aryl methyl sites for hydroxylation is 1. The quantitative estimate of drug-likeness (QED) is 0.666. The van der Waals surface area contributed by atoms with Crippen molar-refractivity contribution in [3.63, 3.8) is 0 Å². The summed E-state index contributed by atoms with van der Waals surface area (Å²) in [5, 5.41) is 19.7. The Kier molecular flexibility index (Phi) is 4.18. The number of carboxylic acids is 1. The van der Waals surface area contributed by atoms with E-state index in [1.807, 2.05) is 0 Å². The number of hydrogen-bond donors (Lipinski definition) is 1. The molecule has 0 spiro atoms. The van der Waals surface area contributed by atoms with Crippen LogP contribution in [0.15, 0.2) is 35.1 Å². The Morgan fingerprint density at radius 2 is 2.10 bits per heavy atom.